The number of aliphatic carboxylic acids is 1. The Hall–Kier alpha value is -2.84. The van der Waals surface area contributed by atoms with Gasteiger partial charge in [0.25, 0.3) is 0 Å². The summed E-state index contributed by atoms with van der Waals surface area (Å²) in [5, 5.41) is 24.3. The van der Waals surface area contributed by atoms with E-state index in [1.165, 1.54) is 19.2 Å². The van der Waals surface area contributed by atoms with Crippen LogP contribution in [0.1, 0.15) is 13.3 Å². The van der Waals surface area contributed by atoms with Gasteiger partial charge in [0.1, 0.15) is 6.04 Å². The van der Waals surface area contributed by atoms with E-state index in [4.69, 9.17) is 9.84 Å². The van der Waals surface area contributed by atoms with Gasteiger partial charge < -0.3 is 20.5 Å². The third kappa shape index (κ3) is 4.34. The second-order valence-electron chi connectivity index (χ2n) is 4.04. The van der Waals surface area contributed by atoms with E-state index in [0.29, 0.717) is 0 Å². The average Bonchev–Trinajstić information content (AvgIpc) is 2.44. The Morgan fingerprint density at radius 2 is 2.14 bits per heavy atom. The quantitative estimate of drug-likeness (QED) is 0.539. The Labute approximate surface area is 120 Å². The molecular formula is C12H15N3O6. The molecule has 0 fully saturated rings. The molecule has 1 aromatic rings. The van der Waals surface area contributed by atoms with Crippen molar-refractivity contribution in [2.75, 3.05) is 12.4 Å². The standard InChI is InChI=1S/C12H15N3O6/c1-3-8(11(16)17)14-12(18)13-7-4-5-10(21-2)9(6-7)15(19)20/h4-6,8H,3H2,1-2H3,(H,16,17)(H2,13,14,18)/t8-/m1/s1. The van der Waals surface area contributed by atoms with Crippen LogP contribution in [0.2, 0.25) is 0 Å². The first kappa shape index (κ1) is 16.2. The molecule has 1 aromatic carbocycles. The highest BCUT2D eigenvalue weighted by Crippen LogP contribution is 2.29. The van der Waals surface area contributed by atoms with Crippen LogP contribution in [0.25, 0.3) is 0 Å². The van der Waals surface area contributed by atoms with Crippen LogP contribution in [0.4, 0.5) is 16.2 Å². The lowest BCUT2D eigenvalue weighted by Crippen LogP contribution is -2.42. The summed E-state index contributed by atoms with van der Waals surface area (Å²) in [7, 11) is 1.29. The molecule has 1 atom stereocenters. The van der Waals surface area contributed by atoms with E-state index < -0.39 is 23.0 Å². The lowest BCUT2D eigenvalue weighted by molar-refractivity contribution is -0.385. The Morgan fingerprint density at radius 3 is 2.62 bits per heavy atom. The monoisotopic (exact) mass is 297 g/mol. The molecule has 3 N–H and O–H groups in total. The number of nitro groups is 1. The number of nitrogens with one attached hydrogen (secondary N) is 2. The molecule has 1 rings (SSSR count). The number of ether oxygens (including phenoxy) is 1. The lowest BCUT2D eigenvalue weighted by atomic mass is 10.2. The van der Waals surface area contributed by atoms with E-state index in [1.807, 2.05) is 0 Å². The molecule has 114 valence electrons. The number of anilines is 1. The van der Waals surface area contributed by atoms with E-state index in [0.717, 1.165) is 6.07 Å². The fourth-order valence-electron chi connectivity index (χ4n) is 1.57. The van der Waals surface area contributed by atoms with Crippen LogP contribution in [-0.2, 0) is 4.79 Å². The molecule has 21 heavy (non-hydrogen) atoms. The predicted octanol–water partition coefficient (Wildman–Crippen LogP) is 1.59. The van der Waals surface area contributed by atoms with Gasteiger partial charge in [-0.3, -0.25) is 10.1 Å². The van der Waals surface area contributed by atoms with Crippen molar-refractivity contribution in [1.29, 1.82) is 0 Å². The maximum absolute atomic E-state index is 11.6. The summed E-state index contributed by atoms with van der Waals surface area (Å²) in [5.41, 5.74) is -0.152. The summed E-state index contributed by atoms with van der Waals surface area (Å²) in [6.45, 7) is 1.61. The van der Waals surface area contributed by atoms with Crippen molar-refractivity contribution < 1.29 is 24.4 Å². The highest BCUT2D eigenvalue weighted by atomic mass is 16.6. The van der Waals surface area contributed by atoms with Gasteiger partial charge >= 0.3 is 17.7 Å². The molecule has 0 aliphatic carbocycles. The van der Waals surface area contributed by atoms with Crippen LogP contribution in [0.15, 0.2) is 18.2 Å². The Kier molecular flexibility index (Phi) is 5.47. The second-order valence-corrected chi connectivity index (χ2v) is 4.04. The number of carboxylic acids is 1. The minimum Gasteiger partial charge on any atom is -0.490 e. The molecule has 0 aliphatic rings. The summed E-state index contributed by atoms with van der Waals surface area (Å²) < 4.78 is 4.83. The average molecular weight is 297 g/mol. The largest absolute Gasteiger partial charge is 0.490 e. The van der Waals surface area contributed by atoms with Crippen molar-refractivity contribution in [3.8, 4) is 5.75 Å². The highest BCUT2D eigenvalue weighted by molar-refractivity contribution is 5.92. The molecule has 0 aromatic heterocycles. The van der Waals surface area contributed by atoms with Gasteiger partial charge in [-0.15, -0.1) is 0 Å². The summed E-state index contributed by atoms with van der Waals surface area (Å²) in [5.74, 6) is -1.10. The summed E-state index contributed by atoms with van der Waals surface area (Å²) in [4.78, 5) is 32.6. The van der Waals surface area contributed by atoms with Crippen LogP contribution in [-0.4, -0.2) is 35.2 Å². The second kappa shape index (κ2) is 7.08. The Bertz CT molecular complexity index is 560. The third-order valence-corrected chi connectivity index (χ3v) is 2.65. The van der Waals surface area contributed by atoms with Gasteiger partial charge in [0.15, 0.2) is 5.75 Å². The number of hydrogen-bond donors (Lipinski definition) is 3. The van der Waals surface area contributed by atoms with Crippen molar-refractivity contribution >= 4 is 23.4 Å². The van der Waals surface area contributed by atoms with Crippen LogP contribution in [0.3, 0.4) is 0 Å². The number of carbonyl (C=O) groups is 2. The maximum Gasteiger partial charge on any atom is 0.326 e. The molecule has 0 aliphatic heterocycles. The summed E-state index contributed by atoms with van der Waals surface area (Å²) in [6, 6.07) is 2.08. The zero-order valence-corrected chi connectivity index (χ0v) is 11.5. The topological polar surface area (TPSA) is 131 Å². The summed E-state index contributed by atoms with van der Waals surface area (Å²) >= 11 is 0. The molecule has 0 spiro atoms. The van der Waals surface area contributed by atoms with Gasteiger partial charge in [0.05, 0.1) is 12.0 Å². The number of methoxy groups -OCH3 is 1. The fraction of sp³-hybridized carbons (Fsp3) is 0.333. The molecule has 0 bridgehead atoms. The number of benzene rings is 1. The Balaban J connectivity index is 2.83. The summed E-state index contributed by atoms with van der Waals surface area (Å²) in [6.07, 6.45) is 0.214. The van der Waals surface area contributed by atoms with Gasteiger partial charge in [0.2, 0.25) is 0 Å². The van der Waals surface area contributed by atoms with Gasteiger partial charge in [-0.1, -0.05) is 6.92 Å². The van der Waals surface area contributed by atoms with E-state index >= 15 is 0 Å². The smallest absolute Gasteiger partial charge is 0.326 e. The first-order valence-corrected chi connectivity index (χ1v) is 6.01. The molecule has 0 unspecified atom stereocenters. The Morgan fingerprint density at radius 1 is 1.48 bits per heavy atom. The zero-order chi connectivity index (χ0) is 16.0. The van der Waals surface area contributed by atoms with E-state index in [9.17, 15) is 19.7 Å². The van der Waals surface area contributed by atoms with Crippen LogP contribution in [0.5, 0.6) is 5.75 Å². The van der Waals surface area contributed by atoms with Crippen molar-refractivity contribution in [3.05, 3.63) is 28.3 Å². The maximum atomic E-state index is 11.6. The molecule has 9 heteroatoms. The molecule has 2 amide bonds. The molecule has 0 radical (unpaired) electrons. The molecule has 0 saturated carbocycles. The predicted molar refractivity (Wildman–Crippen MR) is 73.5 cm³/mol. The van der Waals surface area contributed by atoms with Gasteiger partial charge in [0, 0.05) is 11.8 Å². The number of amides is 2. The van der Waals surface area contributed by atoms with Gasteiger partial charge in [-0.25, -0.2) is 9.59 Å². The van der Waals surface area contributed by atoms with Gasteiger partial charge in [-0.2, -0.15) is 0 Å². The lowest BCUT2D eigenvalue weighted by Gasteiger charge is -2.13. The van der Waals surface area contributed by atoms with E-state index in [2.05, 4.69) is 10.6 Å². The zero-order valence-electron chi connectivity index (χ0n) is 11.5. The number of urea groups is 1. The van der Waals surface area contributed by atoms with E-state index in [1.54, 1.807) is 6.92 Å². The number of nitrogens with zero attached hydrogens (tertiary/aromatic N) is 1. The van der Waals surface area contributed by atoms with Crippen molar-refractivity contribution in [3.63, 3.8) is 0 Å². The normalized spacial score (nSPS) is 11.3. The third-order valence-electron chi connectivity index (χ3n) is 2.65. The van der Waals surface area contributed by atoms with Crippen molar-refractivity contribution in [1.82, 2.24) is 5.32 Å². The molecular weight excluding hydrogens is 282 g/mol. The number of carbonyl (C=O) groups excluding carboxylic acids is 1. The number of hydrogen-bond acceptors (Lipinski definition) is 5. The molecule has 0 saturated heterocycles. The minimum atomic E-state index is -1.16. The number of rotatable bonds is 6. The first-order chi connectivity index (χ1) is 9.88. The highest BCUT2D eigenvalue weighted by Gasteiger charge is 2.19. The SMILES string of the molecule is CC[C@@H](NC(=O)Nc1ccc(OC)c([N+](=O)[O-])c1)C(=O)O. The fourth-order valence-corrected chi connectivity index (χ4v) is 1.57. The van der Waals surface area contributed by atoms with Crippen LogP contribution >= 0.6 is 0 Å². The van der Waals surface area contributed by atoms with Crippen molar-refractivity contribution in [2.24, 2.45) is 0 Å². The van der Waals surface area contributed by atoms with Crippen molar-refractivity contribution in [2.45, 2.75) is 19.4 Å². The first-order valence-electron chi connectivity index (χ1n) is 6.01. The number of nitro benzene ring substituents is 1. The molecule has 0 heterocycles. The van der Waals surface area contributed by atoms with E-state index in [-0.39, 0.29) is 23.5 Å². The van der Waals surface area contributed by atoms with Crippen LogP contribution < -0.4 is 15.4 Å². The molecule has 9 nitrogen and oxygen atoms in total. The van der Waals surface area contributed by atoms with Crippen LogP contribution in [0, 0.1) is 10.1 Å². The minimum absolute atomic E-state index is 0.0583. The van der Waals surface area contributed by atoms with Gasteiger partial charge in [-0.05, 0) is 18.6 Å². The number of carboxylic acid groups (broad SMARTS) is 1.